The Morgan fingerprint density at radius 3 is 2.62 bits per heavy atom. The van der Waals surface area contributed by atoms with Crippen molar-refractivity contribution in [2.75, 3.05) is 0 Å². The molecule has 0 bridgehead atoms. The molecule has 0 saturated heterocycles. The minimum atomic E-state index is -0.00329. The fourth-order valence-electron chi connectivity index (χ4n) is 2.49. The summed E-state index contributed by atoms with van der Waals surface area (Å²) in [5.41, 5.74) is 2.58. The van der Waals surface area contributed by atoms with E-state index in [0.29, 0.717) is 5.92 Å². The molecular weight excluding hydrogens is 260 g/mol. The normalized spacial score (nSPS) is 12.6. The van der Waals surface area contributed by atoms with E-state index in [2.05, 4.69) is 31.1 Å². The van der Waals surface area contributed by atoms with Gasteiger partial charge >= 0.3 is 0 Å². The number of hydrogen-bond donors (Lipinski definition) is 1. The number of nitrogens with one attached hydrogen (secondary N) is 1. The Bertz CT molecular complexity index is 634. The Labute approximate surface area is 126 Å². The third-order valence-electron chi connectivity index (χ3n) is 3.67. The summed E-state index contributed by atoms with van der Waals surface area (Å²) in [6.07, 6.45) is 2.06. The monoisotopic (exact) mass is 284 g/mol. The second-order valence-corrected chi connectivity index (χ2v) is 5.93. The number of fused-ring (bicyclic) bond motifs is 1. The number of rotatable bonds is 5. The van der Waals surface area contributed by atoms with Crippen LogP contribution in [0.1, 0.15) is 62.5 Å². The molecule has 1 atom stereocenters. The second kappa shape index (κ2) is 6.70. The van der Waals surface area contributed by atoms with Gasteiger partial charge in [0.1, 0.15) is 0 Å². The van der Waals surface area contributed by atoms with Gasteiger partial charge in [-0.3, -0.25) is 9.78 Å². The van der Waals surface area contributed by atoms with Crippen molar-refractivity contribution in [1.82, 2.24) is 10.3 Å². The van der Waals surface area contributed by atoms with Crippen molar-refractivity contribution in [2.45, 2.75) is 52.5 Å². The average Bonchev–Trinajstić information content (AvgIpc) is 2.46. The maximum absolute atomic E-state index is 12.6. The van der Waals surface area contributed by atoms with Gasteiger partial charge in [0.2, 0.25) is 0 Å². The van der Waals surface area contributed by atoms with Crippen molar-refractivity contribution in [1.29, 1.82) is 0 Å². The first-order valence-corrected chi connectivity index (χ1v) is 7.73. The molecule has 2 aromatic rings. The number of hydrogen-bond acceptors (Lipinski definition) is 2. The van der Waals surface area contributed by atoms with Gasteiger partial charge in [-0.1, -0.05) is 45.4 Å². The zero-order valence-electron chi connectivity index (χ0n) is 13.3. The van der Waals surface area contributed by atoms with Crippen molar-refractivity contribution in [3.63, 3.8) is 0 Å². The quantitative estimate of drug-likeness (QED) is 0.890. The fourth-order valence-corrected chi connectivity index (χ4v) is 2.49. The Kier molecular flexibility index (Phi) is 4.94. The average molecular weight is 284 g/mol. The molecule has 112 valence electrons. The molecular formula is C18H24N2O. The molecule has 1 N–H and O–H groups in total. The first-order valence-electron chi connectivity index (χ1n) is 7.73. The summed E-state index contributed by atoms with van der Waals surface area (Å²) in [6, 6.07) is 9.96. The number of pyridine rings is 1. The van der Waals surface area contributed by atoms with E-state index in [1.54, 1.807) is 0 Å². The molecule has 2 rings (SSSR count). The van der Waals surface area contributed by atoms with Crippen LogP contribution in [0.3, 0.4) is 0 Å². The molecule has 0 aliphatic carbocycles. The summed E-state index contributed by atoms with van der Waals surface area (Å²) in [4.78, 5) is 17.2. The fraction of sp³-hybridized carbons (Fsp3) is 0.444. The van der Waals surface area contributed by atoms with Crippen LogP contribution >= 0.6 is 0 Å². The SMILES string of the molecule is CCCC(C)NC(=O)c1cc(C(C)C)nc2ccccc12. The number of amides is 1. The summed E-state index contributed by atoms with van der Waals surface area (Å²) in [5.74, 6) is 0.297. The lowest BCUT2D eigenvalue weighted by Gasteiger charge is -2.15. The van der Waals surface area contributed by atoms with E-state index in [4.69, 9.17) is 0 Å². The van der Waals surface area contributed by atoms with Crippen LogP contribution in [-0.4, -0.2) is 16.9 Å². The molecule has 0 radical (unpaired) electrons. The predicted octanol–water partition coefficient (Wildman–Crippen LogP) is 4.28. The molecule has 0 spiro atoms. The molecule has 0 saturated carbocycles. The van der Waals surface area contributed by atoms with E-state index >= 15 is 0 Å². The second-order valence-electron chi connectivity index (χ2n) is 5.93. The summed E-state index contributed by atoms with van der Waals surface area (Å²) in [5, 5.41) is 4.01. The van der Waals surface area contributed by atoms with Crippen molar-refractivity contribution < 1.29 is 4.79 Å². The highest BCUT2D eigenvalue weighted by atomic mass is 16.1. The summed E-state index contributed by atoms with van der Waals surface area (Å²) < 4.78 is 0. The largest absolute Gasteiger partial charge is 0.350 e. The molecule has 3 nitrogen and oxygen atoms in total. The molecule has 1 unspecified atom stereocenters. The first kappa shape index (κ1) is 15.5. The van der Waals surface area contributed by atoms with Crippen LogP contribution in [0.25, 0.3) is 10.9 Å². The van der Waals surface area contributed by atoms with Crippen LogP contribution in [-0.2, 0) is 0 Å². The molecule has 0 fully saturated rings. The third kappa shape index (κ3) is 3.60. The van der Waals surface area contributed by atoms with E-state index in [9.17, 15) is 4.79 Å². The van der Waals surface area contributed by atoms with Crippen LogP contribution in [0.4, 0.5) is 0 Å². The van der Waals surface area contributed by atoms with E-state index in [-0.39, 0.29) is 11.9 Å². The van der Waals surface area contributed by atoms with E-state index in [1.807, 2.05) is 37.3 Å². The van der Waals surface area contributed by atoms with Gasteiger partial charge in [0.05, 0.1) is 11.1 Å². The first-order chi connectivity index (χ1) is 10.0. The van der Waals surface area contributed by atoms with Gasteiger partial charge in [-0.25, -0.2) is 0 Å². The zero-order valence-corrected chi connectivity index (χ0v) is 13.3. The van der Waals surface area contributed by atoms with E-state index in [1.165, 1.54) is 0 Å². The molecule has 1 aromatic heterocycles. The Balaban J connectivity index is 2.43. The molecule has 1 aromatic carbocycles. The van der Waals surface area contributed by atoms with Crippen molar-refractivity contribution in [2.24, 2.45) is 0 Å². The number of nitrogens with zero attached hydrogens (tertiary/aromatic N) is 1. The lowest BCUT2D eigenvalue weighted by molar-refractivity contribution is 0.0940. The molecule has 3 heteroatoms. The molecule has 1 heterocycles. The standard InChI is InChI=1S/C18H24N2O/c1-5-8-13(4)19-18(21)15-11-17(12(2)3)20-16-10-7-6-9-14(15)16/h6-7,9-13H,5,8H2,1-4H3,(H,19,21). The third-order valence-corrected chi connectivity index (χ3v) is 3.67. The van der Waals surface area contributed by atoms with Crippen LogP contribution in [0, 0.1) is 0 Å². The lowest BCUT2D eigenvalue weighted by atomic mass is 10.0. The number of carbonyl (C=O) groups is 1. The van der Waals surface area contributed by atoms with Crippen molar-refractivity contribution in [3.8, 4) is 0 Å². The maximum atomic E-state index is 12.6. The van der Waals surface area contributed by atoms with E-state index < -0.39 is 0 Å². The number of carbonyl (C=O) groups excluding carboxylic acids is 1. The van der Waals surface area contributed by atoms with Gasteiger partial charge < -0.3 is 5.32 Å². The highest BCUT2D eigenvalue weighted by Gasteiger charge is 2.15. The Morgan fingerprint density at radius 1 is 1.24 bits per heavy atom. The molecule has 0 aliphatic rings. The summed E-state index contributed by atoms with van der Waals surface area (Å²) >= 11 is 0. The van der Waals surface area contributed by atoms with Gasteiger partial charge in [-0.15, -0.1) is 0 Å². The van der Waals surface area contributed by atoms with Gasteiger partial charge in [-0.2, -0.15) is 0 Å². The van der Waals surface area contributed by atoms with Crippen LogP contribution in [0.2, 0.25) is 0 Å². The topological polar surface area (TPSA) is 42.0 Å². The number of benzene rings is 1. The Morgan fingerprint density at radius 2 is 1.95 bits per heavy atom. The predicted molar refractivity (Wildman–Crippen MR) is 87.7 cm³/mol. The van der Waals surface area contributed by atoms with Gasteiger partial charge in [0.15, 0.2) is 0 Å². The summed E-state index contributed by atoms with van der Waals surface area (Å²) in [6.45, 7) is 8.37. The van der Waals surface area contributed by atoms with Crippen LogP contribution in [0.5, 0.6) is 0 Å². The Hall–Kier alpha value is -1.90. The smallest absolute Gasteiger partial charge is 0.252 e. The van der Waals surface area contributed by atoms with Crippen molar-refractivity contribution in [3.05, 3.63) is 41.6 Å². The minimum Gasteiger partial charge on any atom is -0.350 e. The molecule has 21 heavy (non-hydrogen) atoms. The number of para-hydroxylation sites is 1. The zero-order chi connectivity index (χ0) is 15.4. The molecule has 0 aliphatic heterocycles. The summed E-state index contributed by atoms with van der Waals surface area (Å²) in [7, 11) is 0. The maximum Gasteiger partial charge on any atom is 0.252 e. The number of aromatic nitrogens is 1. The minimum absolute atomic E-state index is 0.00329. The van der Waals surface area contributed by atoms with Gasteiger partial charge in [0, 0.05) is 17.1 Å². The molecule has 1 amide bonds. The van der Waals surface area contributed by atoms with Crippen molar-refractivity contribution >= 4 is 16.8 Å². The van der Waals surface area contributed by atoms with E-state index in [0.717, 1.165) is 35.0 Å². The highest BCUT2D eigenvalue weighted by molar-refractivity contribution is 6.06. The van der Waals surface area contributed by atoms with Crippen LogP contribution in [0.15, 0.2) is 30.3 Å². The highest BCUT2D eigenvalue weighted by Crippen LogP contribution is 2.22. The van der Waals surface area contributed by atoms with Crippen LogP contribution < -0.4 is 5.32 Å². The van der Waals surface area contributed by atoms with Gasteiger partial charge in [0.25, 0.3) is 5.91 Å². The lowest BCUT2D eigenvalue weighted by Crippen LogP contribution is -2.32. The van der Waals surface area contributed by atoms with Gasteiger partial charge in [-0.05, 0) is 31.4 Å².